The molecule has 0 fully saturated rings. The molecule has 1 aliphatic heterocycles. The van der Waals surface area contributed by atoms with Crippen LogP contribution in [-0.2, 0) is 0 Å². The van der Waals surface area contributed by atoms with Crippen LogP contribution in [0.4, 0.5) is 0 Å². The molecule has 1 unspecified atom stereocenters. The van der Waals surface area contributed by atoms with Crippen LogP contribution in [-0.4, -0.2) is 31.7 Å². The molecule has 3 nitrogen and oxygen atoms in total. The maximum Gasteiger partial charge on any atom is 0.111 e. The van der Waals surface area contributed by atoms with E-state index in [9.17, 15) is 0 Å². The molecule has 1 aromatic rings. The van der Waals surface area contributed by atoms with Gasteiger partial charge in [-0.25, -0.2) is 0 Å². The molecular weight excluding hydrogens is 222 g/mol. The Morgan fingerprint density at radius 1 is 1.22 bits per heavy atom. The van der Waals surface area contributed by atoms with Crippen molar-refractivity contribution >= 4 is 5.70 Å². The van der Waals surface area contributed by atoms with E-state index in [2.05, 4.69) is 60.0 Å². The quantitative estimate of drug-likeness (QED) is 0.859. The molecule has 0 aromatic heterocycles. The lowest BCUT2D eigenvalue weighted by Gasteiger charge is -2.20. The van der Waals surface area contributed by atoms with Gasteiger partial charge in [0.25, 0.3) is 0 Å². The van der Waals surface area contributed by atoms with Crippen molar-refractivity contribution in [3.63, 3.8) is 0 Å². The largest absolute Gasteiger partial charge is 0.363 e. The summed E-state index contributed by atoms with van der Waals surface area (Å²) in [6.07, 6.45) is 2.51. The van der Waals surface area contributed by atoms with Gasteiger partial charge >= 0.3 is 0 Å². The lowest BCUT2D eigenvalue weighted by atomic mass is 10.1. The molecule has 0 saturated heterocycles. The predicted molar refractivity (Wildman–Crippen MR) is 79.1 cm³/mol. The molecule has 1 atom stereocenters. The summed E-state index contributed by atoms with van der Waals surface area (Å²) < 4.78 is 0. The summed E-state index contributed by atoms with van der Waals surface area (Å²) in [6.45, 7) is 7.04. The highest BCUT2D eigenvalue weighted by Gasteiger charge is 2.20. The first-order valence-corrected chi connectivity index (χ1v) is 6.62. The zero-order valence-corrected chi connectivity index (χ0v) is 12.1. The van der Waals surface area contributed by atoms with Gasteiger partial charge in [-0.1, -0.05) is 43.7 Å². The lowest BCUT2D eigenvalue weighted by molar-refractivity contribution is 0.325. The molecule has 0 saturated carbocycles. The summed E-state index contributed by atoms with van der Waals surface area (Å²) in [7, 11) is 4.07. The lowest BCUT2D eigenvalue weighted by Crippen LogP contribution is -2.41. The first kappa shape index (κ1) is 14.6. The molecule has 100 valence electrons. The van der Waals surface area contributed by atoms with E-state index in [1.807, 2.05) is 20.9 Å². The average Bonchev–Trinajstić information content (AvgIpc) is 2.75. The second kappa shape index (κ2) is 7.07. The van der Waals surface area contributed by atoms with E-state index < -0.39 is 0 Å². The molecule has 2 rings (SSSR count). The standard InChI is InChI=1S/C13H19N3.C2H6/c1-10-4-6-11(7-5-10)12-9-16(3)13(15-12)8-14-2;1-2/h4-7,9,13-15H,8H2,1-3H3;1-2H3. The van der Waals surface area contributed by atoms with E-state index in [0.29, 0.717) is 6.17 Å². The summed E-state index contributed by atoms with van der Waals surface area (Å²) in [5.74, 6) is 0. The van der Waals surface area contributed by atoms with E-state index in [1.165, 1.54) is 16.8 Å². The minimum Gasteiger partial charge on any atom is -0.363 e. The molecular formula is C15H25N3. The number of likely N-dealkylation sites (N-methyl/N-ethyl adjacent to an activating group) is 2. The van der Waals surface area contributed by atoms with Crippen molar-refractivity contribution < 1.29 is 0 Å². The van der Waals surface area contributed by atoms with Gasteiger partial charge in [0.1, 0.15) is 6.17 Å². The van der Waals surface area contributed by atoms with Gasteiger partial charge in [0.15, 0.2) is 0 Å². The van der Waals surface area contributed by atoms with Crippen LogP contribution in [0.25, 0.3) is 5.70 Å². The minimum atomic E-state index is 0.348. The zero-order chi connectivity index (χ0) is 13.5. The predicted octanol–water partition coefficient (Wildman–Crippen LogP) is 2.40. The third-order valence-corrected chi connectivity index (χ3v) is 2.91. The van der Waals surface area contributed by atoms with Crippen LogP contribution in [0.3, 0.4) is 0 Å². The summed E-state index contributed by atoms with van der Waals surface area (Å²) in [6, 6.07) is 8.60. The van der Waals surface area contributed by atoms with Crippen LogP contribution in [0, 0.1) is 6.92 Å². The topological polar surface area (TPSA) is 27.3 Å². The van der Waals surface area contributed by atoms with Crippen molar-refractivity contribution in [3.8, 4) is 0 Å². The normalized spacial score (nSPS) is 17.7. The first-order chi connectivity index (χ1) is 8.70. The summed E-state index contributed by atoms with van der Waals surface area (Å²) in [5, 5.41) is 6.69. The van der Waals surface area contributed by atoms with E-state index in [-0.39, 0.29) is 0 Å². The Kier molecular flexibility index (Phi) is 5.72. The van der Waals surface area contributed by atoms with Gasteiger partial charge in [0, 0.05) is 19.8 Å². The van der Waals surface area contributed by atoms with Crippen LogP contribution < -0.4 is 10.6 Å². The molecule has 0 aliphatic carbocycles. The van der Waals surface area contributed by atoms with Crippen LogP contribution in [0.5, 0.6) is 0 Å². The van der Waals surface area contributed by atoms with Crippen LogP contribution in [0.2, 0.25) is 0 Å². The van der Waals surface area contributed by atoms with Crippen LogP contribution in [0.15, 0.2) is 30.5 Å². The fraction of sp³-hybridized carbons (Fsp3) is 0.467. The van der Waals surface area contributed by atoms with Crippen molar-refractivity contribution in [1.29, 1.82) is 0 Å². The molecule has 18 heavy (non-hydrogen) atoms. The fourth-order valence-electron chi connectivity index (χ4n) is 1.89. The molecule has 1 aliphatic rings. The Morgan fingerprint density at radius 3 is 2.39 bits per heavy atom. The third-order valence-electron chi connectivity index (χ3n) is 2.91. The van der Waals surface area contributed by atoms with E-state index in [1.54, 1.807) is 0 Å². The fourth-order valence-corrected chi connectivity index (χ4v) is 1.89. The van der Waals surface area contributed by atoms with Gasteiger partial charge in [-0.15, -0.1) is 0 Å². The first-order valence-electron chi connectivity index (χ1n) is 6.62. The Morgan fingerprint density at radius 2 is 1.83 bits per heavy atom. The van der Waals surface area contributed by atoms with Crippen molar-refractivity contribution in [1.82, 2.24) is 15.5 Å². The Bertz CT molecular complexity index is 381. The van der Waals surface area contributed by atoms with Crippen LogP contribution in [0.1, 0.15) is 25.0 Å². The molecule has 0 bridgehead atoms. The summed E-state index contributed by atoms with van der Waals surface area (Å²) in [4.78, 5) is 2.20. The van der Waals surface area contributed by atoms with Gasteiger partial charge in [0.05, 0.1) is 5.70 Å². The van der Waals surface area contributed by atoms with E-state index in [4.69, 9.17) is 0 Å². The Hall–Kier alpha value is -1.48. The van der Waals surface area contributed by atoms with Crippen molar-refractivity contribution in [2.75, 3.05) is 20.6 Å². The smallest absolute Gasteiger partial charge is 0.111 e. The van der Waals surface area contributed by atoms with Crippen LogP contribution >= 0.6 is 0 Å². The second-order valence-corrected chi connectivity index (χ2v) is 4.29. The molecule has 0 spiro atoms. The van der Waals surface area contributed by atoms with Gasteiger partial charge in [-0.3, -0.25) is 0 Å². The summed E-state index contributed by atoms with van der Waals surface area (Å²) >= 11 is 0. The molecule has 0 radical (unpaired) electrons. The molecule has 1 aromatic carbocycles. The molecule has 0 amide bonds. The number of nitrogens with zero attached hydrogens (tertiary/aromatic N) is 1. The van der Waals surface area contributed by atoms with Crippen molar-refractivity contribution in [2.45, 2.75) is 26.9 Å². The highest BCUT2D eigenvalue weighted by Crippen LogP contribution is 2.19. The monoisotopic (exact) mass is 247 g/mol. The second-order valence-electron chi connectivity index (χ2n) is 4.29. The van der Waals surface area contributed by atoms with Crippen molar-refractivity contribution in [3.05, 3.63) is 41.6 Å². The highest BCUT2D eigenvalue weighted by atomic mass is 15.3. The number of hydrogen-bond acceptors (Lipinski definition) is 3. The third kappa shape index (κ3) is 3.50. The highest BCUT2D eigenvalue weighted by molar-refractivity contribution is 5.65. The molecule has 3 heteroatoms. The Labute approximate surface area is 111 Å². The molecule has 2 N–H and O–H groups in total. The van der Waals surface area contributed by atoms with E-state index in [0.717, 1.165) is 6.54 Å². The molecule has 1 heterocycles. The number of hydrogen-bond donors (Lipinski definition) is 2. The van der Waals surface area contributed by atoms with Gasteiger partial charge in [-0.05, 0) is 19.5 Å². The average molecular weight is 247 g/mol. The maximum atomic E-state index is 3.50. The van der Waals surface area contributed by atoms with Gasteiger partial charge in [0.2, 0.25) is 0 Å². The Balaban J connectivity index is 0.000000771. The van der Waals surface area contributed by atoms with E-state index >= 15 is 0 Å². The van der Waals surface area contributed by atoms with Crippen molar-refractivity contribution in [2.24, 2.45) is 0 Å². The number of benzene rings is 1. The number of nitrogens with one attached hydrogen (secondary N) is 2. The zero-order valence-electron chi connectivity index (χ0n) is 12.1. The number of rotatable bonds is 3. The van der Waals surface area contributed by atoms with Gasteiger partial charge < -0.3 is 15.5 Å². The summed E-state index contributed by atoms with van der Waals surface area (Å²) in [5.41, 5.74) is 3.74. The maximum absolute atomic E-state index is 3.50. The van der Waals surface area contributed by atoms with Gasteiger partial charge in [-0.2, -0.15) is 0 Å². The minimum absolute atomic E-state index is 0.348. The SMILES string of the molecule is CC.CNCC1NC(c2ccc(C)cc2)=CN1C. The number of aryl methyl sites for hydroxylation is 1.